The number of ether oxygens (including phenoxy) is 1. The summed E-state index contributed by atoms with van der Waals surface area (Å²) in [6.07, 6.45) is 0. The number of para-hydroxylation sites is 2. The third-order valence-corrected chi connectivity index (χ3v) is 11.7. The molecule has 0 saturated heterocycles. The second kappa shape index (κ2) is 11.0. The molecule has 0 amide bonds. The zero-order chi connectivity index (χ0) is 35.4. The molecule has 0 unspecified atom stereocenters. The maximum Gasteiger partial charge on any atom is 0.153 e. The van der Waals surface area contributed by atoms with Crippen molar-refractivity contribution < 1.29 is 4.74 Å². The minimum atomic E-state index is -0.282. The van der Waals surface area contributed by atoms with Crippen LogP contribution in [0.25, 0.3) is 22.3 Å². The van der Waals surface area contributed by atoms with Gasteiger partial charge < -0.3 is 14.5 Å². The summed E-state index contributed by atoms with van der Waals surface area (Å²) in [4.78, 5) is 4.87. The van der Waals surface area contributed by atoms with Crippen LogP contribution in [0.1, 0.15) is 55.5 Å². The van der Waals surface area contributed by atoms with Crippen LogP contribution in [0.5, 0.6) is 11.5 Å². The molecular weight excluding hydrogens is 633 g/mol. The van der Waals surface area contributed by atoms with E-state index in [4.69, 9.17) is 4.74 Å². The number of anilines is 6. The van der Waals surface area contributed by atoms with Crippen molar-refractivity contribution >= 4 is 34.1 Å². The maximum atomic E-state index is 6.95. The first-order valence-electron chi connectivity index (χ1n) is 18.3. The fourth-order valence-electron chi connectivity index (χ4n) is 9.06. The zero-order valence-corrected chi connectivity index (χ0v) is 30.2. The van der Waals surface area contributed by atoms with Crippen LogP contribution in [0.3, 0.4) is 0 Å². The van der Waals surface area contributed by atoms with Crippen molar-refractivity contribution in [1.82, 2.24) is 0 Å². The van der Waals surface area contributed by atoms with Crippen molar-refractivity contribution in [3.8, 4) is 33.8 Å². The van der Waals surface area contributed by atoms with Gasteiger partial charge in [-0.2, -0.15) is 0 Å². The molecule has 0 saturated carbocycles. The summed E-state index contributed by atoms with van der Waals surface area (Å²) in [6, 6.07) is 55.4. The van der Waals surface area contributed by atoms with E-state index in [1.54, 1.807) is 0 Å². The summed E-state index contributed by atoms with van der Waals surface area (Å²) in [7, 11) is 0. The van der Waals surface area contributed by atoms with Crippen LogP contribution in [-0.4, -0.2) is 0 Å². The van der Waals surface area contributed by atoms with E-state index in [1.165, 1.54) is 55.8 Å². The normalized spacial score (nSPS) is 15.1. The average molecular weight is 673 g/mol. The fourth-order valence-corrected chi connectivity index (χ4v) is 9.06. The molecule has 52 heavy (non-hydrogen) atoms. The summed E-state index contributed by atoms with van der Waals surface area (Å²) >= 11 is 0. The Morgan fingerprint density at radius 1 is 0.462 bits per heavy atom. The molecular formula is C49H40N2O. The molecule has 3 aliphatic rings. The molecule has 0 N–H and O–H groups in total. The quantitative estimate of drug-likeness (QED) is 0.185. The molecule has 1 aliphatic carbocycles. The topological polar surface area (TPSA) is 15.7 Å². The first-order valence-corrected chi connectivity index (χ1v) is 18.3. The van der Waals surface area contributed by atoms with Crippen LogP contribution in [0, 0.1) is 6.92 Å². The molecule has 0 spiro atoms. The Labute approximate surface area is 306 Å². The van der Waals surface area contributed by atoms with E-state index in [1.807, 2.05) is 0 Å². The van der Waals surface area contributed by atoms with Gasteiger partial charge >= 0.3 is 0 Å². The molecule has 7 aromatic carbocycles. The highest BCUT2D eigenvalue weighted by Gasteiger charge is 2.43. The molecule has 3 heteroatoms. The lowest BCUT2D eigenvalue weighted by molar-refractivity contribution is 0.471. The Morgan fingerprint density at radius 3 is 1.96 bits per heavy atom. The van der Waals surface area contributed by atoms with Crippen LogP contribution in [-0.2, 0) is 10.8 Å². The average Bonchev–Trinajstić information content (AvgIpc) is 3.39. The smallest absolute Gasteiger partial charge is 0.153 e. The minimum absolute atomic E-state index is 0.127. The van der Waals surface area contributed by atoms with Crippen molar-refractivity contribution in [2.24, 2.45) is 0 Å². The third kappa shape index (κ3) is 4.32. The van der Waals surface area contributed by atoms with Crippen molar-refractivity contribution in [1.29, 1.82) is 0 Å². The summed E-state index contributed by atoms with van der Waals surface area (Å²) in [5, 5.41) is 0. The second-order valence-electron chi connectivity index (χ2n) is 15.5. The van der Waals surface area contributed by atoms with Gasteiger partial charge in [0.05, 0.1) is 22.7 Å². The second-order valence-corrected chi connectivity index (χ2v) is 15.5. The minimum Gasteiger partial charge on any atom is -0.453 e. The van der Waals surface area contributed by atoms with Gasteiger partial charge in [0.25, 0.3) is 0 Å². The number of fused-ring (bicyclic) bond motifs is 7. The Bertz CT molecular complexity index is 2580. The number of hydrogen-bond donors (Lipinski definition) is 0. The van der Waals surface area contributed by atoms with Crippen molar-refractivity contribution in [3.05, 3.63) is 179 Å². The Kier molecular flexibility index (Phi) is 6.48. The predicted molar refractivity (Wildman–Crippen MR) is 216 cm³/mol. The van der Waals surface area contributed by atoms with Crippen molar-refractivity contribution in [3.63, 3.8) is 0 Å². The van der Waals surface area contributed by atoms with Crippen LogP contribution >= 0.6 is 0 Å². The lowest BCUT2D eigenvalue weighted by Gasteiger charge is -2.46. The lowest BCUT2D eigenvalue weighted by Crippen LogP contribution is -2.33. The number of benzene rings is 7. The molecule has 0 fully saturated rings. The van der Waals surface area contributed by atoms with E-state index in [9.17, 15) is 0 Å². The molecule has 3 nitrogen and oxygen atoms in total. The third-order valence-electron chi connectivity index (χ3n) is 11.7. The molecule has 0 aromatic heterocycles. The molecule has 252 valence electrons. The highest BCUT2D eigenvalue weighted by molar-refractivity contribution is 5.96. The van der Waals surface area contributed by atoms with Gasteiger partial charge in [-0.25, -0.2) is 0 Å². The summed E-state index contributed by atoms with van der Waals surface area (Å²) in [5.74, 6) is 1.74. The molecule has 2 aliphatic heterocycles. The van der Waals surface area contributed by atoms with E-state index >= 15 is 0 Å². The molecule has 10 rings (SSSR count). The number of rotatable bonds is 4. The zero-order valence-electron chi connectivity index (χ0n) is 30.2. The van der Waals surface area contributed by atoms with Gasteiger partial charge in [-0.1, -0.05) is 131 Å². The largest absolute Gasteiger partial charge is 0.453 e. The lowest BCUT2D eigenvalue weighted by atomic mass is 9.72. The van der Waals surface area contributed by atoms with Gasteiger partial charge in [0.2, 0.25) is 0 Å². The monoisotopic (exact) mass is 672 g/mol. The van der Waals surface area contributed by atoms with Crippen molar-refractivity contribution in [2.75, 3.05) is 9.80 Å². The van der Waals surface area contributed by atoms with E-state index in [0.29, 0.717) is 0 Å². The van der Waals surface area contributed by atoms with E-state index in [0.717, 1.165) is 39.9 Å². The Morgan fingerprint density at radius 2 is 1.12 bits per heavy atom. The molecule has 0 atom stereocenters. The summed E-state index contributed by atoms with van der Waals surface area (Å²) in [6.45, 7) is 11.6. The van der Waals surface area contributed by atoms with Crippen LogP contribution < -0.4 is 14.5 Å². The van der Waals surface area contributed by atoms with Gasteiger partial charge in [-0.05, 0) is 99.5 Å². The Hall–Kier alpha value is -6.06. The van der Waals surface area contributed by atoms with Gasteiger partial charge in [-0.15, -0.1) is 0 Å². The maximum absolute atomic E-state index is 6.95. The van der Waals surface area contributed by atoms with E-state index in [-0.39, 0.29) is 10.8 Å². The first-order chi connectivity index (χ1) is 25.2. The van der Waals surface area contributed by atoms with E-state index in [2.05, 4.69) is 196 Å². The standard InChI is InChI=1S/C49H40N2O/c1-31-15-13-24-44-46(31)51-43-23-12-11-22-40(43)49(4,5)42-29-36(30-45(52-44)47(42)51)50(34-19-14-18-33(27-34)32-16-7-6-8-17-32)35-25-26-38-37-20-9-10-21-39(37)48(2,3)41(38)28-35/h6-30H,1-5H3. The van der Waals surface area contributed by atoms with E-state index < -0.39 is 0 Å². The molecule has 0 radical (unpaired) electrons. The predicted octanol–water partition coefficient (Wildman–Crippen LogP) is 13.7. The fraction of sp³-hybridized carbons (Fsp3) is 0.143. The summed E-state index contributed by atoms with van der Waals surface area (Å²) in [5.41, 5.74) is 17.8. The molecule has 0 bridgehead atoms. The molecule has 7 aromatic rings. The SMILES string of the molecule is Cc1cccc2c1N1c3ccccc3C(C)(C)c3cc(N(c4cccc(-c5ccccc5)c4)c4ccc5c(c4)C(C)(C)c4ccccc4-5)cc(c31)O2. The van der Waals surface area contributed by atoms with Gasteiger partial charge in [-0.3, -0.25) is 0 Å². The first kappa shape index (κ1) is 30.7. The van der Waals surface area contributed by atoms with Crippen LogP contribution in [0.2, 0.25) is 0 Å². The highest BCUT2D eigenvalue weighted by Crippen LogP contribution is 2.62. The molecule has 2 heterocycles. The van der Waals surface area contributed by atoms with Gasteiger partial charge in [0, 0.05) is 28.3 Å². The van der Waals surface area contributed by atoms with Crippen LogP contribution in [0.4, 0.5) is 34.1 Å². The summed E-state index contributed by atoms with van der Waals surface area (Å²) < 4.78 is 6.95. The number of aryl methyl sites for hydroxylation is 1. The van der Waals surface area contributed by atoms with Gasteiger partial charge in [0.1, 0.15) is 0 Å². The van der Waals surface area contributed by atoms with Crippen LogP contribution in [0.15, 0.2) is 152 Å². The number of nitrogens with zero attached hydrogens (tertiary/aromatic N) is 2. The Balaban J connectivity index is 1.23. The number of hydrogen-bond acceptors (Lipinski definition) is 3. The van der Waals surface area contributed by atoms with Gasteiger partial charge in [0.15, 0.2) is 11.5 Å². The highest BCUT2D eigenvalue weighted by atomic mass is 16.5. The van der Waals surface area contributed by atoms with Crippen molar-refractivity contribution in [2.45, 2.75) is 45.4 Å².